The van der Waals surface area contributed by atoms with Gasteiger partial charge in [0, 0.05) is 5.02 Å². The van der Waals surface area contributed by atoms with Gasteiger partial charge in [-0.05, 0) is 60.7 Å². The molecule has 158 valence electrons. The van der Waals surface area contributed by atoms with Gasteiger partial charge in [-0.25, -0.2) is 0 Å². The predicted octanol–water partition coefficient (Wildman–Crippen LogP) is 2.15. The van der Waals surface area contributed by atoms with Crippen LogP contribution in [0.25, 0.3) is 0 Å². The van der Waals surface area contributed by atoms with Gasteiger partial charge in [-0.1, -0.05) is 29.8 Å². The zero-order valence-corrected chi connectivity index (χ0v) is 17.2. The van der Waals surface area contributed by atoms with Crippen LogP contribution in [0.4, 0.5) is 0 Å². The van der Waals surface area contributed by atoms with E-state index in [1.165, 1.54) is 0 Å². The van der Waals surface area contributed by atoms with Gasteiger partial charge in [0.05, 0.1) is 13.2 Å². The molecule has 5 atom stereocenters. The number of benzene rings is 2. The summed E-state index contributed by atoms with van der Waals surface area (Å²) in [6.45, 7) is 3.91. The molecule has 1 heterocycles. The zero-order valence-electron chi connectivity index (χ0n) is 16.5. The molecule has 2 aromatic rings. The van der Waals surface area contributed by atoms with E-state index in [0.717, 1.165) is 22.4 Å². The predicted molar refractivity (Wildman–Crippen MR) is 109 cm³/mol. The maximum Gasteiger partial charge on any atom is 0.119 e. The first kappa shape index (κ1) is 22.0. The van der Waals surface area contributed by atoms with Crippen LogP contribution in [-0.4, -0.2) is 58.1 Å². The molecule has 1 saturated heterocycles. The minimum absolute atomic E-state index is 0.465. The number of aliphatic hydroxyl groups is 4. The number of hydrogen-bond acceptors (Lipinski definition) is 6. The van der Waals surface area contributed by atoms with Gasteiger partial charge in [0.2, 0.25) is 0 Å². The maximum atomic E-state index is 10.5. The summed E-state index contributed by atoms with van der Waals surface area (Å²) < 4.78 is 11.2. The summed E-state index contributed by atoms with van der Waals surface area (Å²) in [6, 6.07) is 11.4. The largest absolute Gasteiger partial charge is 0.494 e. The van der Waals surface area contributed by atoms with Crippen LogP contribution in [0.3, 0.4) is 0 Å². The molecular formula is C22H27ClO6. The Balaban J connectivity index is 1.89. The van der Waals surface area contributed by atoms with Crippen molar-refractivity contribution in [2.24, 2.45) is 0 Å². The first-order chi connectivity index (χ1) is 13.8. The Morgan fingerprint density at radius 3 is 2.34 bits per heavy atom. The normalized spacial score (nSPS) is 27.1. The van der Waals surface area contributed by atoms with Gasteiger partial charge in [0.15, 0.2) is 0 Å². The van der Waals surface area contributed by atoms with Crippen molar-refractivity contribution in [2.45, 2.75) is 50.8 Å². The molecule has 0 bridgehead atoms. The molecule has 5 unspecified atom stereocenters. The highest BCUT2D eigenvalue weighted by Gasteiger charge is 2.44. The van der Waals surface area contributed by atoms with E-state index < -0.39 is 37.1 Å². The SMILES string of the molecule is CCOc1ccc(Cc2cc(C3OC(CO)C(O)C(O)C3O)c(C)cc2Cl)cc1. The molecule has 0 aromatic heterocycles. The Kier molecular flexibility index (Phi) is 7.16. The quantitative estimate of drug-likeness (QED) is 0.569. The average molecular weight is 423 g/mol. The van der Waals surface area contributed by atoms with Gasteiger partial charge in [0.1, 0.15) is 36.3 Å². The molecule has 0 spiro atoms. The number of aliphatic hydroxyl groups excluding tert-OH is 4. The number of rotatable bonds is 6. The van der Waals surface area contributed by atoms with E-state index in [2.05, 4.69) is 0 Å². The van der Waals surface area contributed by atoms with Gasteiger partial charge in [-0.3, -0.25) is 0 Å². The molecule has 4 N–H and O–H groups in total. The van der Waals surface area contributed by atoms with Crippen LogP contribution in [-0.2, 0) is 11.2 Å². The van der Waals surface area contributed by atoms with Crippen LogP contribution in [0.1, 0.15) is 35.3 Å². The molecule has 2 aromatic carbocycles. The fourth-order valence-electron chi connectivity index (χ4n) is 3.63. The highest BCUT2D eigenvalue weighted by atomic mass is 35.5. The highest BCUT2D eigenvalue weighted by molar-refractivity contribution is 6.31. The summed E-state index contributed by atoms with van der Waals surface area (Å²) in [5, 5.41) is 40.6. The summed E-state index contributed by atoms with van der Waals surface area (Å²) in [5.41, 5.74) is 3.33. The fourth-order valence-corrected chi connectivity index (χ4v) is 3.91. The molecule has 6 nitrogen and oxygen atoms in total. The molecule has 0 saturated carbocycles. The highest BCUT2D eigenvalue weighted by Crippen LogP contribution is 2.36. The summed E-state index contributed by atoms with van der Waals surface area (Å²) >= 11 is 6.46. The van der Waals surface area contributed by atoms with Crippen molar-refractivity contribution >= 4 is 11.6 Å². The minimum Gasteiger partial charge on any atom is -0.494 e. The van der Waals surface area contributed by atoms with E-state index >= 15 is 0 Å². The van der Waals surface area contributed by atoms with Crippen LogP contribution >= 0.6 is 11.6 Å². The number of hydrogen-bond donors (Lipinski definition) is 4. The van der Waals surface area contributed by atoms with Crippen molar-refractivity contribution in [2.75, 3.05) is 13.2 Å². The second kappa shape index (κ2) is 9.43. The maximum absolute atomic E-state index is 10.5. The summed E-state index contributed by atoms with van der Waals surface area (Å²) in [7, 11) is 0. The molecule has 3 rings (SSSR count). The number of aryl methyl sites for hydroxylation is 1. The lowest BCUT2D eigenvalue weighted by atomic mass is 9.88. The van der Waals surface area contributed by atoms with Crippen molar-refractivity contribution in [1.29, 1.82) is 0 Å². The molecule has 29 heavy (non-hydrogen) atoms. The summed E-state index contributed by atoms with van der Waals surface area (Å²) in [4.78, 5) is 0. The van der Waals surface area contributed by atoms with Gasteiger partial charge >= 0.3 is 0 Å². The molecule has 1 aliphatic rings. The van der Waals surface area contributed by atoms with Gasteiger partial charge < -0.3 is 29.9 Å². The van der Waals surface area contributed by atoms with E-state index in [9.17, 15) is 20.4 Å². The van der Waals surface area contributed by atoms with Gasteiger partial charge in [-0.15, -0.1) is 0 Å². The van der Waals surface area contributed by atoms with Crippen LogP contribution in [0.15, 0.2) is 36.4 Å². The minimum atomic E-state index is -1.42. The number of ether oxygens (including phenoxy) is 2. The molecule has 0 aliphatic carbocycles. The van der Waals surface area contributed by atoms with E-state index in [1.54, 1.807) is 6.07 Å². The lowest BCUT2D eigenvalue weighted by molar-refractivity contribution is -0.231. The topological polar surface area (TPSA) is 99.4 Å². The van der Waals surface area contributed by atoms with E-state index in [1.807, 2.05) is 44.2 Å². The van der Waals surface area contributed by atoms with Crippen LogP contribution in [0.2, 0.25) is 5.02 Å². The monoisotopic (exact) mass is 422 g/mol. The Morgan fingerprint density at radius 2 is 1.72 bits per heavy atom. The Morgan fingerprint density at radius 1 is 1.03 bits per heavy atom. The van der Waals surface area contributed by atoms with Crippen LogP contribution in [0.5, 0.6) is 5.75 Å². The third-order valence-corrected chi connectivity index (χ3v) is 5.61. The molecule has 7 heteroatoms. The second-order valence-corrected chi connectivity index (χ2v) is 7.71. The first-order valence-corrected chi connectivity index (χ1v) is 10.0. The smallest absolute Gasteiger partial charge is 0.119 e. The second-order valence-electron chi connectivity index (χ2n) is 7.30. The zero-order chi connectivity index (χ0) is 21.1. The van der Waals surface area contributed by atoms with Crippen LogP contribution < -0.4 is 4.74 Å². The van der Waals surface area contributed by atoms with Gasteiger partial charge in [-0.2, -0.15) is 0 Å². The first-order valence-electron chi connectivity index (χ1n) is 9.66. The fraction of sp³-hybridized carbons (Fsp3) is 0.455. The molecule has 1 fully saturated rings. The van der Waals surface area contributed by atoms with Crippen molar-refractivity contribution in [3.8, 4) is 5.75 Å². The Bertz CT molecular complexity index is 823. The molecule has 0 amide bonds. The third kappa shape index (κ3) is 4.74. The molecule has 0 radical (unpaired) electrons. The molecular weight excluding hydrogens is 396 g/mol. The van der Waals surface area contributed by atoms with Crippen molar-refractivity contribution < 1.29 is 29.9 Å². The van der Waals surface area contributed by atoms with E-state index in [0.29, 0.717) is 23.6 Å². The standard InChI is InChI=1S/C22H27ClO6/c1-3-28-15-6-4-13(5-7-15)9-14-10-16(12(2)8-17(14)23)22-21(27)20(26)19(25)18(11-24)29-22/h4-8,10,18-22,24-27H,3,9,11H2,1-2H3. The van der Waals surface area contributed by atoms with Crippen LogP contribution in [0, 0.1) is 6.92 Å². The third-order valence-electron chi connectivity index (χ3n) is 5.26. The summed E-state index contributed by atoms with van der Waals surface area (Å²) in [6.07, 6.45) is -5.41. The summed E-state index contributed by atoms with van der Waals surface area (Å²) in [5.74, 6) is 0.799. The van der Waals surface area contributed by atoms with Gasteiger partial charge in [0.25, 0.3) is 0 Å². The molecule has 1 aliphatic heterocycles. The Hall–Kier alpha value is -1.67. The van der Waals surface area contributed by atoms with Crippen molar-refractivity contribution in [3.63, 3.8) is 0 Å². The lowest BCUT2D eigenvalue weighted by Gasteiger charge is -2.40. The van der Waals surface area contributed by atoms with E-state index in [4.69, 9.17) is 21.1 Å². The lowest BCUT2D eigenvalue weighted by Crippen LogP contribution is -2.55. The van der Waals surface area contributed by atoms with Crippen molar-refractivity contribution in [1.82, 2.24) is 0 Å². The van der Waals surface area contributed by atoms with Crippen molar-refractivity contribution in [3.05, 3.63) is 63.7 Å². The average Bonchev–Trinajstić information content (AvgIpc) is 2.70. The van der Waals surface area contributed by atoms with E-state index in [-0.39, 0.29) is 0 Å². The Labute approximate surface area is 175 Å². The number of halogens is 1.